The van der Waals surface area contributed by atoms with E-state index in [1.54, 1.807) is 39.5 Å². The summed E-state index contributed by atoms with van der Waals surface area (Å²) in [5.41, 5.74) is 1.10. The molecule has 37 heavy (non-hydrogen) atoms. The van der Waals surface area contributed by atoms with Crippen LogP contribution < -0.4 is 4.90 Å². The highest BCUT2D eigenvalue weighted by molar-refractivity contribution is 7.89. The van der Waals surface area contributed by atoms with Crippen LogP contribution in [-0.2, 0) is 10.0 Å². The van der Waals surface area contributed by atoms with E-state index < -0.39 is 10.0 Å². The fourth-order valence-electron chi connectivity index (χ4n) is 4.38. The van der Waals surface area contributed by atoms with Gasteiger partial charge in [-0.15, -0.1) is 12.4 Å². The number of amides is 1. The van der Waals surface area contributed by atoms with Crippen LogP contribution >= 0.6 is 35.3 Å². The van der Waals surface area contributed by atoms with Crippen molar-refractivity contribution in [3.63, 3.8) is 0 Å². The highest BCUT2D eigenvalue weighted by Gasteiger charge is 2.29. The predicted molar refractivity (Wildman–Crippen MR) is 155 cm³/mol. The van der Waals surface area contributed by atoms with Gasteiger partial charge in [0.25, 0.3) is 5.91 Å². The molecule has 7 nitrogen and oxygen atoms in total. The van der Waals surface area contributed by atoms with Crippen molar-refractivity contribution in [2.75, 3.05) is 44.2 Å². The van der Waals surface area contributed by atoms with E-state index >= 15 is 0 Å². The number of fused-ring (bicyclic) bond motifs is 1. The zero-order valence-corrected chi connectivity index (χ0v) is 24.6. The second kappa shape index (κ2) is 12.9. The number of anilines is 1. The summed E-state index contributed by atoms with van der Waals surface area (Å²) >= 11 is 7.77. The predicted octanol–water partition coefficient (Wildman–Crippen LogP) is 5.78. The molecule has 2 aromatic carbocycles. The molecule has 0 N–H and O–H groups in total. The molecule has 3 aromatic rings. The maximum Gasteiger partial charge on any atom is 0.260 e. The molecule has 4 rings (SSSR count). The van der Waals surface area contributed by atoms with Gasteiger partial charge >= 0.3 is 0 Å². The molecule has 1 amide bonds. The van der Waals surface area contributed by atoms with Gasteiger partial charge in [-0.1, -0.05) is 49.8 Å². The summed E-state index contributed by atoms with van der Waals surface area (Å²) in [6, 6.07) is 11.9. The van der Waals surface area contributed by atoms with Gasteiger partial charge in [-0.25, -0.2) is 13.4 Å². The number of nitrogens with zero attached hydrogens (tertiary/aromatic N) is 4. The summed E-state index contributed by atoms with van der Waals surface area (Å²) in [6.45, 7) is 10.3. The number of para-hydroxylation sites is 1. The molecular formula is C26H34Cl2N4O3S2. The van der Waals surface area contributed by atoms with Crippen molar-refractivity contribution in [2.24, 2.45) is 5.92 Å². The van der Waals surface area contributed by atoms with Crippen LogP contribution in [0.4, 0.5) is 5.13 Å². The van der Waals surface area contributed by atoms with Crippen LogP contribution in [0, 0.1) is 5.92 Å². The number of carbonyl (C=O) groups excluding carboxylic acids is 1. The molecule has 0 unspecified atom stereocenters. The SMILES string of the molecule is CCN(CC)CCN(C(=O)c1ccc(S(=O)(=O)N2CCC(C)CC2)cc1)c1nc2c(Cl)cccc2s1.Cl. The zero-order chi connectivity index (χ0) is 25.9. The first-order chi connectivity index (χ1) is 17.2. The Morgan fingerprint density at radius 3 is 2.32 bits per heavy atom. The second-order valence-corrected chi connectivity index (χ2v) is 12.5. The quantitative estimate of drug-likeness (QED) is 0.318. The van der Waals surface area contributed by atoms with E-state index in [2.05, 4.69) is 30.7 Å². The summed E-state index contributed by atoms with van der Waals surface area (Å²) in [5.74, 6) is 0.323. The van der Waals surface area contributed by atoms with Gasteiger partial charge in [0.2, 0.25) is 10.0 Å². The smallest absolute Gasteiger partial charge is 0.260 e. The van der Waals surface area contributed by atoms with E-state index in [9.17, 15) is 13.2 Å². The van der Waals surface area contributed by atoms with Crippen LogP contribution in [0.5, 0.6) is 0 Å². The largest absolute Gasteiger partial charge is 0.302 e. The Morgan fingerprint density at radius 2 is 1.73 bits per heavy atom. The lowest BCUT2D eigenvalue weighted by atomic mass is 10.0. The third-order valence-corrected chi connectivity index (χ3v) is 10.1. The molecule has 2 heterocycles. The molecule has 0 saturated carbocycles. The van der Waals surface area contributed by atoms with Crippen LogP contribution in [0.2, 0.25) is 5.02 Å². The number of benzene rings is 2. The van der Waals surface area contributed by atoms with E-state index in [0.29, 0.717) is 53.3 Å². The number of aromatic nitrogens is 1. The summed E-state index contributed by atoms with van der Waals surface area (Å²) < 4.78 is 28.7. The number of halogens is 2. The van der Waals surface area contributed by atoms with Gasteiger partial charge < -0.3 is 4.90 Å². The van der Waals surface area contributed by atoms with Gasteiger partial charge in [0.1, 0.15) is 5.52 Å². The number of piperidine rings is 1. The van der Waals surface area contributed by atoms with Gasteiger partial charge in [0.05, 0.1) is 14.6 Å². The Hall–Kier alpha value is -1.75. The van der Waals surface area contributed by atoms with Gasteiger partial charge in [-0.3, -0.25) is 9.69 Å². The first-order valence-electron chi connectivity index (χ1n) is 12.4. The Bertz CT molecular complexity index is 1300. The lowest BCUT2D eigenvalue weighted by molar-refractivity contribution is 0.0983. The minimum absolute atomic E-state index is 0. The molecule has 1 saturated heterocycles. The molecule has 0 radical (unpaired) electrons. The number of likely N-dealkylation sites (N-methyl/N-ethyl adjacent to an activating group) is 1. The number of rotatable bonds is 9. The highest BCUT2D eigenvalue weighted by atomic mass is 35.5. The van der Waals surface area contributed by atoms with Gasteiger partial charge in [0, 0.05) is 31.7 Å². The topological polar surface area (TPSA) is 73.8 Å². The molecule has 1 aromatic heterocycles. The third-order valence-electron chi connectivity index (χ3n) is 6.85. The first kappa shape index (κ1) is 29.8. The second-order valence-electron chi connectivity index (χ2n) is 9.18. The van der Waals surface area contributed by atoms with Crippen molar-refractivity contribution in [3.05, 3.63) is 53.1 Å². The number of sulfonamides is 1. The summed E-state index contributed by atoms with van der Waals surface area (Å²) in [7, 11) is -3.57. The fraction of sp³-hybridized carbons (Fsp3) is 0.462. The lowest BCUT2D eigenvalue weighted by Gasteiger charge is -2.29. The summed E-state index contributed by atoms with van der Waals surface area (Å²) in [4.78, 5) is 22.5. The van der Waals surface area contributed by atoms with Crippen LogP contribution in [0.25, 0.3) is 10.2 Å². The molecule has 1 aliphatic heterocycles. The van der Waals surface area contributed by atoms with Crippen molar-refractivity contribution in [3.8, 4) is 0 Å². The third kappa shape index (κ3) is 6.64. The molecule has 202 valence electrons. The molecular weight excluding hydrogens is 551 g/mol. The fourth-order valence-corrected chi connectivity index (χ4v) is 7.14. The highest BCUT2D eigenvalue weighted by Crippen LogP contribution is 2.33. The molecule has 1 fully saturated rings. The minimum atomic E-state index is -3.57. The molecule has 0 bridgehead atoms. The number of carbonyl (C=O) groups is 1. The van der Waals surface area contributed by atoms with Gasteiger partial charge in [-0.05, 0) is 68.2 Å². The van der Waals surface area contributed by atoms with Crippen LogP contribution in [-0.4, -0.2) is 67.8 Å². The Kier molecular flexibility index (Phi) is 10.4. The van der Waals surface area contributed by atoms with Crippen molar-refractivity contribution in [1.82, 2.24) is 14.2 Å². The van der Waals surface area contributed by atoms with E-state index in [1.165, 1.54) is 11.3 Å². The van der Waals surface area contributed by atoms with E-state index in [1.807, 2.05) is 12.1 Å². The monoisotopic (exact) mass is 584 g/mol. The summed E-state index contributed by atoms with van der Waals surface area (Å²) in [5, 5.41) is 1.13. The average Bonchev–Trinajstić information content (AvgIpc) is 3.32. The number of thiazole rings is 1. The Balaban J connectivity index is 0.00000380. The lowest BCUT2D eigenvalue weighted by Crippen LogP contribution is -2.39. The first-order valence-corrected chi connectivity index (χ1v) is 15.1. The Morgan fingerprint density at radius 1 is 1.08 bits per heavy atom. The van der Waals surface area contributed by atoms with Gasteiger partial charge in [-0.2, -0.15) is 4.31 Å². The number of hydrogen-bond acceptors (Lipinski definition) is 6. The standard InChI is InChI=1S/C26H33ClN4O3S2.ClH/c1-4-29(5-2)17-18-31(26-28-24-22(27)7-6-8-23(24)35-26)25(32)20-9-11-21(12-10-20)36(33,34)30-15-13-19(3)14-16-30;/h6-12,19H,4-5,13-18H2,1-3H3;1H. The molecule has 0 atom stereocenters. The maximum atomic E-state index is 13.7. The van der Waals surface area contributed by atoms with Crippen molar-refractivity contribution >= 4 is 66.6 Å². The van der Waals surface area contributed by atoms with Gasteiger partial charge in [0.15, 0.2) is 5.13 Å². The molecule has 1 aliphatic rings. The van der Waals surface area contributed by atoms with Crippen molar-refractivity contribution in [2.45, 2.75) is 38.5 Å². The van der Waals surface area contributed by atoms with Crippen LogP contribution in [0.1, 0.15) is 44.0 Å². The van der Waals surface area contributed by atoms with E-state index in [-0.39, 0.29) is 23.2 Å². The summed E-state index contributed by atoms with van der Waals surface area (Å²) in [6.07, 6.45) is 1.73. The van der Waals surface area contributed by atoms with Crippen LogP contribution in [0.15, 0.2) is 47.4 Å². The van der Waals surface area contributed by atoms with E-state index in [4.69, 9.17) is 11.6 Å². The molecule has 0 spiro atoms. The van der Waals surface area contributed by atoms with Crippen molar-refractivity contribution in [1.29, 1.82) is 0 Å². The van der Waals surface area contributed by atoms with E-state index in [0.717, 1.165) is 30.6 Å². The molecule has 11 heteroatoms. The minimum Gasteiger partial charge on any atom is -0.302 e. The maximum absolute atomic E-state index is 13.7. The van der Waals surface area contributed by atoms with Crippen molar-refractivity contribution < 1.29 is 13.2 Å². The van der Waals surface area contributed by atoms with Crippen LogP contribution in [0.3, 0.4) is 0 Å². The zero-order valence-electron chi connectivity index (χ0n) is 21.4. The normalized spacial score (nSPS) is 15.2. The number of hydrogen-bond donors (Lipinski definition) is 0. The molecule has 0 aliphatic carbocycles. The average molecular weight is 586 g/mol. The Labute approximate surface area is 234 Å².